The maximum absolute atomic E-state index is 12.3. The van der Waals surface area contributed by atoms with Gasteiger partial charge in [0.25, 0.3) is 0 Å². The molecule has 0 N–H and O–H groups in total. The molecule has 0 aromatic heterocycles. The van der Waals surface area contributed by atoms with Crippen LogP contribution in [0.4, 0.5) is 0 Å². The van der Waals surface area contributed by atoms with Gasteiger partial charge in [-0.1, -0.05) is 25.2 Å². The number of ketones is 1. The van der Waals surface area contributed by atoms with E-state index in [1.165, 1.54) is 32.1 Å². The fraction of sp³-hybridized carbons (Fsp3) is 0.722. The molecule has 102 valence electrons. The molecule has 0 radical (unpaired) electrons. The highest BCUT2D eigenvalue weighted by Gasteiger charge is 2.55. The highest BCUT2D eigenvalue weighted by Crippen LogP contribution is 2.59. The van der Waals surface area contributed by atoms with Crippen LogP contribution in [-0.4, -0.2) is 5.78 Å². The number of carbonyl (C=O) groups excluding carboxylic acids is 1. The minimum atomic E-state index is 0.0387. The fourth-order valence-corrected chi connectivity index (χ4v) is 5.66. The van der Waals surface area contributed by atoms with E-state index in [-0.39, 0.29) is 5.41 Å². The molecule has 4 aliphatic carbocycles. The Morgan fingerprint density at radius 2 is 2.11 bits per heavy atom. The normalized spacial score (nSPS) is 48.3. The van der Waals surface area contributed by atoms with Crippen LogP contribution in [-0.2, 0) is 4.79 Å². The summed E-state index contributed by atoms with van der Waals surface area (Å²) in [6.45, 7) is 2.27. The summed E-state index contributed by atoms with van der Waals surface area (Å²) >= 11 is 0. The largest absolute Gasteiger partial charge is 0.299 e. The third kappa shape index (κ3) is 1.57. The third-order valence-electron chi connectivity index (χ3n) is 6.73. The molecular weight excluding hydrogens is 232 g/mol. The summed E-state index contributed by atoms with van der Waals surface area (Å²) in [6.07, 6.45) is 15.5. The van der Waals surface area contributed by atoms with Crippen molar-refractivity contribution in [1.82, 2.24) is 0 Å². The Hall–Kier alpha value is -0.850. The van der Waals surface area contributed by atoms with Crippen LogP contribution in [0.2, 0.25) is 0 Å². The van der Waals surface area contributed by atoms with Crippen molar-refractivity contribution in [3.63, 3.8) is 0 Å². The van der Waals surface area contributed by atoms with Gasteiger partial charge in [0.05, 0.1) is 0 Å². The molecule has 1 heteroatoms. The van der Waals surface area contributed by atoms with E-state index < -0.39 is 0 Å². The minimum absolute atomic E-state index is 0.0387. The van der Waals surface area contributed by atoms with E-state index in [9.17, 15) is 4.79 Å². The average molecular weight is 256 g/mol. The first-order valence-corrected chi connectivity index (χ1v) is 8.10. The summed E-state index contributed by atoms with van der Waals surface area (Å²) in [5.41, 5.74) is 1.65. The SMILES string of the molecule is C[C@]12CC[C@H]3[C@@H](CC=C4C=CCC[C@@H]43)[C@@H]1CCC2=O. The molecule has 2 fully saturated rings. The molecule has 0 aromatic carbocycles. The maximum atomic E-state index is 12.3. The first kappa shape index (κ1) is 11.9. The number of rotatable bonds is 0. The molecule has 0 bridgehead atoms. The molecule has 1 nitrogen and oxygen atoms in total. The Kier molecular flexibility index (Phi) is 2.56. The van der Waals surface area contributed by atoms with Crippen molar-refractivity contribution in [3.8, 4) is 0 Å². The molecule has 0 saturated heterocycles. The Balaban J connectivity index is 1.68. The maximum Gasteiger partial charge on any atom is 0.139 e. The van der Waals surface area contributed by atoms with Crippen molar-refractivity contribution in [2.75, 3.05) is 0 Å². The van der Waals surface area contributed by atoms with Gasteiger partial charge in [-0.15, -0.1) is 0 Å². The lowest BCUT2D eigenvalue weighted by molar-refractivity contribution is -0.130. The third-order valence-corrected chi connectivity index (χ3v) is 6.73. The number of carbonyl (C=O) groups is 1. The Morgan fingerprint density at radius 3 is 3.00 bits per heavy atom. The van der Waals surface area contributed by atoms with Crippen LogP contribution in [0.25, 0.3) is 0 Å². The fourth-order valence-electron chi connectivity index (χ4n) is 5.66. The van der Waals surface area contributed by atoms with E-state index in [4.69, 9.17) is 0 Å². The van der Waals surface area contributed by atoms with Crippen molar-refractivity contribution in [1.29, 1.82) is 0 Å². The molecule has 0 aromatic rings. The lowest BCUT2D eigenvalue weighted by atomic mass is 9.53. The predicted molar refractivity (Wildman–Crippen MR) is 76.6 cm³/mol. The first-order chi connectivity index (χ1) is 9.20. The Labute approximate surface area is 116 Å². The average Bonchev–Trinajstić information content (AvgIpc) is 2.75. The quantitative estimate of drug-likeness (QED) is 0.631. The second-order valence-electron chi connectivity index (χ2n) is 7.38. The molecule has 0 unspecified atom stereocenters. The number of fused-ring (bicyclic) bond motifs is 5. The van der Waals surface area contributed by atoms with Gasteiger partial charge in [0.2, 0.25) is 0 Å². The highest BCUT2D eigenvalue weighted by atomic mass is 16.1. The van der Waals surface area contributed by atoms with Crippen LogP contribution in [0.5, 0.6) is 0 Å². The van der Waals surface area contributed by atoms with Crippen molar-refractivity contribution >= 4 is 5.78 Å². The summed E-state index contributed by atoms with van der Waals surface area (Å²) in [7, 11) is 0. The van der Waals surface area contributed by atoms with Crippen LogP contribution in [0, 0.1) is 29.1 Å². The number of hydrogen-bond donors (Lipinski definition) is 0. The van der Waals surface area contributed by atoms with E-state index in [2.05, 4.69) is 25.2 Å². The van der Waals surface area contributed by atoms with Crippen molar-refractivity contribution in [3.05, 3.63) is 23.8 Å². The first-order valence-electron chi connectivity index (χ1n) is 8.10. The molecule has 4 aliphatic rings. The Morgan fingerprint density at radius 1 is 1.21 bits per heavy atom. The molecule has 5 atom stereocenters. The van der Waals surface area contributed by atoms with Gasteiger partial charge in [-0.2, -0.15) is 0 Å². The smallest absolute Gasteiger partial charge is 0.139 e. The van der Waals surface area contributed by atoms with E-state index in [0.29, 0.717) is 11.7 Å². The lowest BCUT2D eigenvalue weighted by Gasteiger charge is -2.50. The van der Waals surface area contributed by atoms with Crippen LogP contribution >= 0.6 is 0 Å². The van der Waals surface area contributed by atoms with E-state index in [1.54, 1.807) is 5.57 Å². The van der Waals surface area contributed by atoms with Crippen molar-refractivity contribution in [2.24, 2.45) is 29.1 Å². The second kappa shape index (κ2) is 4.07. The summed E-state index contributed by atoms with van der Waals surface area (Å²) in [5.74, 6) is 3.72. The summed E-state index contributed by atoms with van der Waals surface area (Å²) in [6, 6.07) is 0. The molecule has 2 saturated carbocycles. The lowest BCUT2D eigenvalue weighted by Crippen LogP contribution is -2.45. The van der Waals surface area contributed by atoms with E-state index in [0.717, 1.165) is 30.6 Å². The predicted octanol–water partition coefficient (Wildman–Crippen LogP) is 4.29. The van der Waals surface area contributed by atoms with Gasteiger partial charge in [0.1, 0.15) is 5.78 Å². The standard InChI is InChI=1S/C18H24O/c1-18-11-10-14-13-5-3-2-4-12(13)6-7-15(14)16(18)8-9-17(18)19/h2,4,6,13-16H,3,5,7-11H2,1H3/t13-,14+,15+,16-,18-/m0/s1. The summed E-state index contributed by atoms with van der Waals surface area (Å²) in [5, 5.41) is 0. The highest BCUT2D eigenvalue weighted by molar-refractivity contribution is 5.87. The number of allylic oxidation sites excluding steroid dienone is 4. The van der Waals surface area contributed by atoms with Crippen LogP contribution in [0.1, 0.15) is 51.9 Å². The van der Waals surface area contributed by atoms with Gasteiger partial charge in [-0.25, -0.2) is 0 Å². The van der Waals surface area contributed by atoms with Crippen LogP contribution in [0.3, 0.4) is 0 Å². The van der Waals surface area contributed by atoms with Gasteiger partial charge < -0.3 is 0 Å². The van der Waals surface area contributed by atoms with E-state index in [1.807, 2.05) is 0 Å². The molecular formula is C18H24O. The van der Waals surface area contributed by atoms with Crippen molar-refractivity contribution in [2.45, 2.75) is 51.9 Å². The van der Waals surface area contributed by atoms with Crippen LogP contribution in [0.15, 0.2) is 23.8 Å². The van der Waals surface area contributed by atoms with Gasteiger partial charge in [-0.3, -0.25) is 4.79 Å². The summed E-state index contributed by atoms with van der Waals surface area (Å²) < 4.78 is 0. The summed E-state index contributed by atoms with van der Waals surface area (Å²) in [4.78, 5) is 12.3. The second-order valence-corrected chi connectivity index (χ2v) is 7.38. The Bertz CT molecular complexity index is 472. The number of hydrogen-bond acceptors (Lipinski definition) is 1. The molecule has 0 spiro atoms. The zero-order valence-corrected chi connectivity index (χ0v) is 11.9. The zero-order valence-electron chi connectivity index (χ0n) is 11.9. The van der Waals surface area contributed by atoms with Crippen LogP contribution < -0.4 is 0 Å². The number of Topliss-reactive ketones (excluding diaryl/α,β-unsaturated/α-hetero) is 1. The van der Waals surface area contributed by atoms with Gasteiger partial charge in [0, 0.05) is 11.8 Å². The van der Waals surface area contributed by atoms with Gasteiger partial charge in [0.15, 0.2) is 0 Å². The van der Waals surface area contributed by atoms with Gasteiger partial charge >= 0.3 is 0 Å². The monoisotopic (exact) mass is 256 g/mol. The molecule has 19 heavy (non-hydrogen) atoms. The van der Waals surface area contributed by atoms with E-state index >= 15 is 0 Å². The molecule has 0 aliphatic heterocycles. The van der Waals surface area contributed by atoms with Crippen molar-refractivity contribution < 1.29 is 4.79 Å². The van der Waals surface area contributed by atoms with Gasteiger partial charge in [-0.05, 0) is 67.8 Å². The molecule has 4 rings (SSSR count). The molecule has 0 heterocycles. The zero-order chi connectivity index (χ0) is 13.0. The molecule has 0 amide bonds. The topological polar surface area (TPSA) is 17.1 Å². The minimum Gasteiger partial charge on any atom is -0.299 e.